The van der Waals surface area contributed by atoms with E-state index in [1.165, 1.54) is 0 Å². The van der Waals surface area contributed by atoms with Gasteiger partial charge in [0.05, 0.1) is 0 Å². The minimum Gasteiger partial charge on any atom is -0.398 e. The molecule has 0 bridgehead atoms. The fourth-order valence-electron chi connectivity index (χ4n) is 1.94. The number of nitrogen functional groups attached to an aromatic ring is 1. The van der Waals surface area contributed by atoms with Gasteiger partial charge in [0.25, 0.3) is 5.91 Å². The Hall–Kier alpha value is -2.33. The first-order chi connectivity index (χ1) is 8.56. The number of para-hydroxylation sites is 1. The first-order valence-corrected chi connectivity index (χ1v) is 5.49. The van der Waals surface area contributed by atoms with Crippen molar-refractivity contribution in [2.75, 3.05) is 5.73 Å². The molecule has 4 nitrogen and oxygen atoms in total. The summed E-state index contributed by atoms with van der Waals surface area (Å²) in [7, 11) is 0. The predicted octanol–water partition coefficient (Wildman–Crippen LogP) is 0.990. The summed E-state index contributed by atoms with van der Waals surface area (Å²) in [5.74, 6) is -0.855. The summed E-state index contributed by atoms with van der Waals surface area (Å²) < 4.78 is 0. The summed E-state index contributed by atoms with van der Waals surface area (Å²) in [5.41, 5.74) is 10.3. The number of hydrogen-bond acceptors (Lipinski definition) is 3. The van der Waals surface area contributed by atoms with E-state index in [-0.39, 0.29) is 0 Å². The van der Waals surface area contributed by atoms with Crippen LogP contribution in [0.25, 0.3) is 0 Å². The Morgan fingerprint density at radius 1 is 1.00 bits per heavy atom. The molecule has 0 fully saturated rings. The summed E-state index contributed by atoms with van der Waals surface area (Å²) in [6, 6.07) is 15.1. The lowest BCUT2D eigenvalue weighted by Gasteiger charge is -2.26. The van der Waals surface area contributed by atoms with Crippen molar-refractivity contribution in [2.45, 2.75) is 5.60 Å². The molecule has 0 aliphatic heterocycles. The number of amides is 1. The van der Waals surface area contributed by atoms with Gasteiger partial charge in [-0.1, -0.05) is 48.5 Å². The van der Waals surface area contributed by atoms with Crippen LogP contribution in [0.15, 0.2) is 54.6 Å². The van der Waals surface area contributed by atoms with Gasteiger partial charge in [0.2, 0.25) is 0 Å². The lowest BCUT2D eigenvalue weighted by molar-refractivity contribution is -0.133. The lowest BCUT2D eigenvalue weighted by atomic mass is 9.85. The highest BCUT2D eigenvalue weighted by Gasteiger charge is 2.39. The number of carbonyl (C=O) groups is 1. The molecule has 1 amide bonds. The van der Waals surface area contributed by atoms with Gasteiger partial charge in [-0.25, -0.2) is 0 Å². The van der Waals surface area contributed by atoms with Crippen LogP contribution in [0.2, 0.25) is 0 Å². The highest BCUT2D eigenvalue weighted by atomic mass is 16.3. The third-order valence-electron chi connectivity index (χ3n) is 2.90. The molecule has 0 saturated carbocycles. The molecule has 4 heteroatoms. The Labute approximate surface area is 105 Å². The van der Waals surface area contributed by atoms with Crippen LogP contribution >= 0.6 is 0 Å². The number of anilines is 1. The van der Waals surface area contributed by atoms with Gasteiger partial charge in [0.1, 0.15) is 0 Å². The summed E-state index contributed by atoms with van der Waals surface area (Å²) in [5, 5.41) is 10.7. The van der Waals surface area contributed by atoms with Crippen LogP contribution < -0.4 is 11.5 Å². The highest BCUT2D eigenvalue weighted by Crippen LogP contribution is 2.32. The molecule has 0 saturated heterocycles. The number of rotatable bonds is 3. The van der Waals surface area contributed by atoms with Gasteiger partial charge in [-0.05, 0) is 11.6 Å². The van der Waals surface area contributed by atoms with Crippen LogP contribution in [0, 0.1) is 0 Å². The zero-order valence-corrected chi connectivity index (χ0v) is 9.71. The van der Waals surface area contributed by atoms with Crippen LogP contribution in [0.3, 0.4) is 0 Å². The Bertz CT molecular complexity index is 569. The standard InChI is InChI=1S/C14H14N2O2/c15-12-9-5-4-8-11(12)14(18,13(16)17)10-6-2-1-3-7-10/h1-9,18H,15H2,(H2,16,17). The monoisotopic (exact) mass is 242 g/mol. The van der Waals surface area contributed by atoms with Crippen molar-refractivity contribution in [1.29, 1.82) is 0 Å². The van der Waals surface area contributed by atoms with Crippen LogP contribution in [0.5, 0.6) is 0 Å². The molecule has 18 heavy (non-hydrogen) atoms. The molecule has 0 aliphatic rings. The second kappa shape index (κ2) is 4.50. The largest absolute Gasteiger partial charge is 0.398 e. The van der Waals surface area contributed by atoms with E-state index < -0.39 is 11.5 Å². The van der Waals surface area contributed by atoms with Gasteiger partial charge in [0.15, 0.2) is 5.60 Å². The highest BCUT2D eigenvalue weighted by molar-refractivity contribution is 5.90. The molecule has 0 aromatic heterocycles. The van der Waals surface area contributed by atoms with E-state index in [9.17, 15) is 9.90 Å². The normalized spacial score (nSPS) is 13.8. The summed E-state index contributed by atoms with van der Waals surface area (Å²) in [6.45, 7) is 0. The number of primary amides is 1. The Balaban J connectivity index is 2.67. The molecule has 0 heterocycles. The molecule has 1 atom stereocenters. The minimum absolute atomic E-state index is 0.295. The van der Waals surface area contributed by atoms with Gasteiger partial charge < -0.3 is 16.6 Å². The molecule has 92 valence electrons. The van der Waals surface area contributed by atoms with E-state index >= 15 is 0 Å². The number of hydrogen-bond donors (Lipinski definition) is 3. The zero-order chi connectivity index (χ0) is 13.2. The lowest BCUT2D eigenvalue weighted by Crippen LogP contribution is -2.42. The van der Waals surface area contributed by atoms with Crippen molar-refractivity contribution < 1.29 is 9.90 Å². The van der Waals surface area contributed by atoms with E-state index in [0.29, 0.717) is 16.8 Å². The van der Waals surface area contributed by atoms with Crippen molar-refractivity contribution in [3.05, 3.63) is 65.7 Å². The number of aliphatic hydroxyl groups is 1. The maximum absolute atomic E-state index is 11.7. The molecule has 1 unspecified atom stereocenters. The van der Waals surface area contributed by atoms with E-state index in [4.69, 9.17) is 11.5 Å². The van der Waals surface area contributed by atoms with Crippen molar-refractivity contribution in [1.82, 2.24) is 0 Å². The molecular weight excluding hydrogens is 228 g/mol. The minimum atomic E-state index is -1.91. The van der Waals surface area contributed by atoms with Gasteiger partial charge in [-0.3, -0.25) is 4.79 Å². The van der Waals surface area contributed by atoms with Gasteiger partial charge in [-0.2, -0.15) is 0 Å². The second-order valence-electron chi connectivity index (χ2n) is 4.03. The van der Waals surface area contributed by atoms with Crippen LogP contribution in [0.1, 0.15) is 11.1 Å². The molecule has 5 N–H and O–H groups in total. The third-order valence-corrected chi connectivity index (χ3v) is 2.90. The molecule has 2 aromatic rings. The SMILES string of the molecule is NC(=O)C(O)(c1ccccc1)c1ccccc1N. The fraction of sp³-hybridized carbons (Fsp3) is 0.0714. The first-order valence-electron chi connectivity index (χ1n) is 5.49. The Kier molecular flexibility index (Phi) is 3.04. The van der Waals surface area contributed by atoms with Crippen LogP contribution in [0.4, 0.5) is 5.69 Å². The average molecular weight is 242 g/mol. The third kappa shape index (κ3) is 1.83. The molecular formula is C14H14N2O2. The smallest absolute Gasteiger partial charge is 0.258 e. The van der Waals surface area contributed by atoms with Crippen LogP contribution in [-0.4, -0.2) is 11.0 Å². The molecule has 2 rings (SSSR count). The molecule has 0 aliphatic carbocycles. The topological polar surface area (TPSA) is 89.3 Å². The average Bonchev–Trinajstić information content (AvgIpc) is 2.39. The predicted molar refractivity (Wildman–Crippen MR) is 69.5 cm³/mol. The number of nitrogens with two attached hydrogens (primary N) is 2. The molecule has 0 spiro atoms. The maximum atomic E-state index is 11.7. The van der Waals surface area contributed by atoms with Gasteiger partial charge in [0, 0.05) is 11.3 Å². The van der Waals surface area contributed by atoms with E-state index in [0.717, 1.165) is 0 Å². The maximum Gasteiger partial charge on any atom is 0.258 e. The summed E-state index contributed by atoms with van der Waals surface area (Å²) >= 11 is 0. The molecule has 0 radical (unpaired) electrons. The van der Waals surface area contributed by atoms with E-state index in [1.807, 2.05) is 0 Å². The second-order valence-corrected chi connectivity index (χ2v) is 4.03. The van der Waals surface area contributed by atoms with E-state index in [2.05, 4.69) is 0 Å². The van der Waals surface area contributed by atoms with Crippen molar-refractivity contribution >= 4 is 11.6 Å². The van der Waals surface area contributed by atoms with Crippen molar-refractivity contribution in [2.24, 2.45) is 5.73 Å². The van der Waals surface area contributed by atoms with Gasteiger partial charge >= 0.3 is 0 Å². The van der Waals surface area contributed by atoms with Gasteiger partial charge in [-0.15, -0.1) is 0 Å². The first kappa shape index (κ1) is 12.1. The zero-order valence-electron chi connectivity index (χ0n) is 9.71. The number of carbonyl (C=O) groups excluding carboxylic acids is 1. The Morgan fingerprint density at radius 3 is 2.11 bits per heavy atom. The van der Waals surface area contributed by atoms with Crippen LogP contribution in [-0.2, 0) is 10.4 Å². The summed E-state index contributed by atoms with van der Waals surface area (Å²) in [4.78, 5) is 11.7. The molecule has 2 aromatic carbocycles. The Morgan fingerprint density at radius 2 is 1.56 bits per heavy atom. The quantitative estimate of drug-likeness (QED) is 0.701. The summed E-state index contributed by atoms with van der Waals surface area (Å²) in [6.07, 6.45) is 0. The fourth-order valence-corrected chi connectivity index (χ4v) is 1.94. The van der Waals surface area contributed by atoms with Crippen molar-refractivity contribution in [3.63, 3.8) is 0 Å². The number of benzene rings is 2. The van der Waals surface area contributed by atoms with E-state index in [1.54, 1.807) is 54.6 Å². The van der Waals surface area contributed by atoms with Crippen molar-refractivity contribution in [3.8, 4) is 0 Å².